The second-order valence-corrected chi connectivity index (χ2v) is 10.5. The highest BCUT2D eigenvalue weighted by molar-refractivity contribution is 6.00. The number of rotatable bonds is 10. The van der Waals surface area contributed by atoms with Gasteiger partial charge in [0.1, 0.15) is 18.1 Å². The second-order valence-electron chi connectivity index (χ2n) is 10.5. The largest absolute Gasteiger partial charge is 0.497 e. The molecule has 0 atom stereocenters. The van der Waals surface area contributed by atoms with Crippen molar-refractivity contribution in [3.8, 4) is 22.8 Å². The molecule has 2 amide bonds. The molecule has 0 unspecified atom stereocenters. The lowest BCUT2D eigenvalue weighted by atomic mass is 10.1. The van der Waals surface area contributed by atoms with Crippen molar-refractivity contribution in [2.75, 3.05) is 49.3 Å². The Morgan fingerprint density at radius 1 is 0.884 bits per heavy atom. The van der Waals surface area contributed by atoms with Crippen LogP contribution >= 0.6 is 0 Å². The van der Waals surface area contributed by atoms with Crippen LogP contribution in [0.5, 0.6) is 11.5 Å². The number of aryl methyl sites for hydroxylation is 1. The van der Waals surface area contributed by atoms with Gasteiger partial charge in [-0.05, 0) is 93.0 Å². The number of nitrogens with one attached hydrogen (secondary N) is 3. The lowest BCUT2D eigenvalue weighted by Crippen LogP contribution is -2.25. The first-order valence-electron chi connectivity index (χ1n) is 14.5. The summed E-state index contributed by atoms with van der Waals surface area (Å²) in [6, 6.07) is 26.5. The van der Waals surface area contributed by atoms with Crippen LogP contribution < -0.4 is 25.4 Å². The van der Waals surface area contributed by atoms with Crippen LogP contribution in [0.25, 0.3) is 16.9 Å². The highest BCUT2D eigenvalue weighted by Gasteiger charge is 2.13. The molecule has 10 heteroatoms. The third-order valence-corrected chi connectivity index (χ3v) is 7.45. The first kappa shape index (κ1) is 28.0. The van der Waals surface area contributed by atoms with Gasteiger partial charge in [-0.25, -0.2) is 9.31 Å². The number of carbonyl (C=O) groups excluding carboxylic acids is 1. The van der Waals surface area contributed by atoms with E-state index in [-0.39, 0.29) is 6.03 Å². The van der Waals surface area contributed by atoms with Gasteiger partial charge in [-0.3, -0.25) is 4.90 Å². The normalized spacial score (nSPS) is 13.2. The summed E-state index contributed by atoms with van der Waals surface area (Å²) in [5.74, 6) is 2.00. The number of anilines is 4. The minimum atomic E-state index is -0.345. The van der Waals surface area contributed by atoms with Crippen molar-refractivity contribution >= 4 is 34.7 Å². The minimum absolute atomic E-state index is 0.345. The minimum Gasteiger partial charge on any atom is -0.497 e. The Morgan fingerprint density at radius 3 is 2.49 bits per heavy atom. The maximum Gasteiger partial charge on any atom is 0.323 e. The van der Waals surface area contributed by atoms with Gasteiger partial charge in [0, 0.05) is 35.2 Å². The predicted octanol–water partition coefficient (Wildman–Crippen LogP) is 6.58. The molecule has 5 aromatic rings. The standard InChI is InChI=1S/C33H35N7O3/c1-23-11-14-28(42-2)22-29(23)36-33(41)35-26-8-5-7-24(21-26)30-9-6-10-31-37-32(38-40(30)31)34-25-12-15-27(16-13-25)43-20-19-39-17-3-4-18-39/h5-16,21-22H,3-4,17-20H2,1-2H3,(H,34,38)(H2,35,36,41). The van der Waals surface area contributed by atoms with Gasteiger partial charge in [-0.1, -0.05) is 24.3 Å². The number of urea groups is 1. The Hall–Kier alpha value is -5.09. The van der Waals surface area contributed by atoms with Gasteiger partial charge in [-0.2, -0.15) is 4.98 Å². The Labute approximate surface area is 250 Å². The molecule has 0 radical (unpaired) electrons. The van der Waals surface area contributed by atoms with Crippen LogP contribution in [-0.4, -0.2) is 58.9 Å². The van der Waals surface area contributed by atoms with Crippen LogP contribution in [0.3, 0.4) is 0 Å². The number of amides is 2. The van der Waals surface area contributed by atoms with E-state index in [0.717, 1.165) is 34.8 Å². The van der Waals surface area contributed by atoms with Gasteiger partial charge in [0.25, 0.3) is 0 Å². The van der Waals surface area contributed by atoms with E-state index in [2.05, 4.69) is 25.8 Å². The number of methoxy groups -OCH3 is 1. The van der Waals surface area contributed by atoms with Crippen molar-refractivity contribution in [2.45, 2.75) is 19.8 Å². The fraction of sp³-hybridized carbons (Fsp3) is 0.242. The van der Waals surface area contributed by atoms with Crippen LogP contribution in [0.15, 0.2) is 84.9 Å². The number of likely N-dealkylation sites (tertiary alicyclic amines) is 1. The van der Waals surface area contributed by atoms with E-state index in [0.29, 0.717) is 35.3 Å². The van der Waals surface area contributed by atoms with E-state index in [4.69, 9.17) is 14.6 Å². The lowest BCUT2D eigenvalue weighted by Gasteiger charge is -2.15. The summed E-state index contributed by atoms with van der Waals surface area (Å²) in [6.07, 6.45) is 2.57. The fourth-order valence-electron chi connectivity index (χ4n) is 5.14. The van der Waals surface area contributed by atoms with E-state index < -0.39 is 0 Å². The average molecular weight is 578 g/mol. The number of ether oxygens (including phenoxy) is 2. The van der Waals surface area contributed by atoms with Crippen molar-refractivity contribution in [1.29, 1.82) is 0 Å². The Bertz CT molecular complexity index is 1710. The number of fused-ring (bicyclic) bond motifs is 1. The van der Waals surface area contributed by atoms with E-state index in [1.54, 1.807) is 17.7 Å². The predicted molar refractivity (Wildman–Crippen MR) is 170 cm³/mol. The molecule has 0 spiro atoms. The quantitative estimate of drug-likeness (QED) is 0.172. The molecule has 3 aromatic carbocycles. The molecule has 2 aromatic heterocycles. The number of hydrogen-bond donors (Lipinski definition) is 3. The van der Waals surface area contributed by atoms with Crippen molar-refractivity contribution in [3.63, 3.8) is 0 Å². The van der Waals surface area contributed by atoms with Crippen molar-refractivity contribution in [1.82, 2.24) is 19.5 Å². The Balaban J connectivity index is 1.12. The van der Waals surface area contributed by atoms with Crippen LogP contribution in [0, 0.1) is 6.92 Å². The molecule has 3 N–H and O–H groups in total. The smallest absolute Gasteiger partial charge is 0.323 e. The first-order valence-corrected chi connectivity index (χ1v) is 14.5. The number of aromatic nitrogens is 3. The second kappa shape index (κ2) is 12.8. The molecule has 6 rings (SSSR count). The molecular formula is C33H35N7O3. The summed E-state index contributed by atoms with van der Waals surface area (Å²) >= 11 is 0. The van der Waals surface area contributed by atoms with Gasteiger partial charge >= 0.3 is 6.03 Å². The average Bonchev–Trinajstić information content (AvgIpc) is 3.69. The number of nitrogens with zero attached hydrogens (tertiary/aromatic N) is 4. The zero-order valence-corrected chi connectivity index (χ0v) is 24.3. The van der Waals surface area contributed by atoms with Crippen molar-refractivity contribution < 1.29 is 14.3 Å². The third-order valence-electron chi connectivity index (χ3n) is 7.45. The molecule has 0 saturated carbocycles. The number of hydrogen-bond acceptors (Lipinski definition) is 7. The van der Waals surface area contributed by atoms with Crippen molar-refractivity contribution in [3.05, 3.63) is 90.5 Å². The Morgan fingerprint density at radius 2 is 1.67 bits per heavy atom. The first-order chi connectivity index (χ1) is 21.0. The molecule has 43 heavy (non-hydrogen) atoms. The number of benzene rings is 3. The van der Waals surface area contributed by atoms with E-state index in [9.17, 15) is 4.79 Å². The fourth-order valence-corrected chi connectivity index (χ4v) is 5.14. The monoisotopic (exact) mass is 577 g/mol. The lowest BCUT2D eigenvalue weighted by molar-refractivity contribution is 0.238. The molecular weight excluding hydrogens is 542 g/mol. The van der Waals surface area contributed by atoms with E-state index in [1.807, 2.05) is 85.8 Å². The van der Waals surface area contributed by atoms with Crippen LogP contribution in [0.1, 0.15) is 18.4 Å². The topological polar surface area (TPSA) is 105 Å². The molecule has 3 heterocycles. The third kappa shape index (κ3) is 6.87. The zero-order chi connectivity index (χ0) is 29.6. The summed E-state index contributed by atoms with van der Waals surface area (Å²) in [6.45, 7) is 5.92. The maximum absolute atomic E-state index is 12.8. The van der Waals surface area contributed by atoms with Gasteiger partial charge in [0.2, 0.25) is 5.95 Å². The molecule has 1 saturated heterocycles. The van der Waals surface area contributed by atoms with Gasteiger partial charge < -0.3 is 25.4 Å². The molecule has 1 aliphatic heterocycles. The molecule has 220 valence electrons. The molecule has 1 aliphatic rings. The van der Waals surface area contributed by atoms with Gasteiger partial charge in [0.15, 0.2) is 5.65 Å². The highest BCUT2D eigenvalue weighted by Crippen LogP contribution is 2.26. The van der Waals surface area contributed by atoms with Gasteiger partial charge in [-0.15, -0.1) is 5.10 Å². The summed E-state index contributed by atoms with van der Waals surface area (Å²) in [5.41, 5.74) is 5.55. The Kier molecular flexibility index (Phi) is 8.37. The number of pyridine rings is 1. The SMILES string of the molecule is COc1ccc(C)c(NC(=O)Nc2cccc(-c3cccc4nc(Nc5ccc(OCCN6CCCC6)cc5)nn34)c2)c1. The molecule has 0 bridgehead atoms. The summed E-state index contributed by atoms with van der Waals surface area (Å²) in [7, 11) is 1.60. The summed E-state index contributed by atoms with van der Waals surface area (Å²) in [5, 5.41) is 13.8. The van der Waals surface area contributed by atoms with Crippen molar-refractivity contribution in [2.24, 2.45) is 0 Å². The van der Waals surface area contributed by atoms with Gasteiger partial charge in [0.05, 0.1) is 12.8 Å². The van der Waals surface area contributed by atoms with Crippen LogP contribution in [0.4, 0.5) is 27.8 Å². The molecule has 10 nitrogen and oxygen atoms in total. The maximum atomic E-state index is 12.8. The van der Waals surface area contributed by atoms with E-state index in [1.165, 1.54) is 25.9 Å². The number of carbonyl (C=O) groups is 1. The van der Waals surface area contributed by atoms with Crippen LogP contribution in [-0.2, 0) is 0 Å². The van der Waals surface area contributed by atoms with Crippen LogP contribution in [0.2, 0.25) is 0 Å². The summed E-state index contributed by atoms with van der Waals surface area (Å²) < 4.78 is 13.0. The highest BCUT2D eigenvalue weighted by atomic mass is 16.5. The van der Waals surface area contributed by atoms with E-state index >= 15 is 0 Å². The zero-order valence-electron chi connectivity index (χ0n) is 24.3. The molecule has 0 aliphatic carbocycles. The molecule has 1 fully saturated rings. The summed E-state index contributed by atoms with van der Waals surface area (Å²) in [4.78, 5) is 19.9.